The Morgan fingerprint density at radius 1 is 0.926 bits per heavy atom. The fraction of sp³-hybridized carbons (Fsp3) is 0.143. The number of hydrogen-bond donors (Lipinski definition) is 1. The SMILES string of the molecule is COc1ccc(S(=O)(=O)N[C@@H](c2ccccc2)c2ccc(C)cc2)cc1Br. The summed E-state index contributed by atoms with van der Waals surface area (Å²) in [5, 5.41) is 0. The fourth-order valence-corrected chi connectivity index (χ4v) is 4.70. The highest BCUT2D eigenvalue weighted by molar-refractivity contribution is 9.10. The third kappa shape index (κ3) is 4.58. The van der Waals surface area contributed by atoms with Gasteiger partial charge in [-0.15, -0.1) is 0 Å². The molecule has 1 N–H and O–H groups in total. The molecule has 0 unspecified atom stereocenters. The Kier molecular flexibility index (Phi) is 5.99. The first-order valence-electron chi connectivity index (χ1n) is 8.38. The molecule has 0 fully saturated rings. The van der Waals surface area contributed by atoms with Crippen molar-refractivity contribution in [3.8, 4) is 5.75 Å². The van der Waals surface area contributed by atoms with Gasteiger partial charge in [0.1, 0.15) is 5.75 Å². The minimum Gasteiger partial charge on any atom is -0.496 e. The Morgan fingerprint density at radius 2 is 1.56 bits per heavy atom. The van der Waals surface area contributed by atoms with Crippen molar-refractivity contribution in [2.24, 2.45) is 0 Å². The lowest BCUT2D eigenvalue weighted by Crippen LogP contribution is -2.29. The summed E-state index contributed by atoms with van der Waals surface area (Å²) in [5.74, 6) is 0.576. The number of benzene rings is 3. The van der Waals surface area contributed by atoms with Crippen molar-refractivity contribution in [3.63, 3.8) is 0 Å². The minimum atomic E-state index is -3.75. The van der Waals surface area contributed by atoms with E-state index in [4.69, 9.17) is 4.74 Å². The summed E-state index contributed by atoms with van der Waals surface area (Å²) in [4.78, 5) is 0.170. The monoisotopic (exact) mass is 445 g/mol. The van der Waals surface area contributed by atoms with Gasteiger partial charge in [-0.25, -0.2) is 8.42 Å². The van der Waals surface area contributed by atoms with Gasteiger partial charge in [-0.2, -0.15) is 4.72 Å². The number of methoxy groups -OCH3 is 1. The van der Waals surface area contributed by atoms with E-state index in [1.165, 1.54) is 13.2 Å². The molecule has 1 atom stereocenters. The number of halogens is 1. The van der Waals surface area contributed by atoms with Crippen molar-refractivity contribution < 1.29 is 13.2 Å². The molecular weight excluding hydrogens is 426 g/mol. The van der Waals surface area contributed by atoms with E-state index in [0.29, 0.717) is 10.2 Å². The standard InChI is InChI=1S/C21H20BrNO3S/c1-15-8-10-17(11-9-15)21(16-6-4-3-5-7-16)23-27(24,25)18-12-13-20(26-2)19(22)14-18/h3-14,21,23H,1-2H3/t21-/m0/s1. The Balaban J connectivity index is 2.00. The van der Waals surface area contributed by atoms with Crippen LogP contribution in [0.25, 0.3) is 0 Å². The Bertz CT molecular complexity index is 1020. The van der Waals surface area contributed by atoms with Crippen LogP contribution < -0.4 is 9.46 Å². The first kappa shape index (κ1) is 19.6. The molecule has 0 aliphatic carbocycles. The van der Waals surface area contributed by atoms with Crippen molar-refractivity contribution in [3.05, 3.63) is 94.0 Å². The molecule has 6 heteroatoms. The average Bonchev–Trinajstić information content (AvgIpc) is 2.67. The van der Waals surface area contributed by atoms with Crippen molar-refractivity contribution in [1.82, 2.24) is 4.72 Å². The van der Waals surface area contributed by atoms with Gasteiger partial charge < -0.3 is 4.74 Å². The van der Waals surface area contributed by atoms with Crippen LogP contribution in [0.1, 0.15) is 22.7 Å². The molecule has 0 radical (unpaired) electrons. The minimum absolute atomic E-state index is 0.170. The summed E-state index contributed by atoms with van der Waals surface area (Å²) in [6, 6.07) is 21.6. The zero-order valence-electron chi connectivity index (χ0n) is 15.0. The third-order valence-corrected chi connectivity index (χ3v) is 6.29. The van der Waals surface area contributed by atoms with Crippen LogP contribution in [0.5, 0.6) is 5.75 Å². The molecule has 0 bridgehead atoms. The highest BCUT2D eigenvalue weighted by atomic mass is 79.9. The lowest BCUT2D eigenvalue weighted by atomic mass is 9.99. The molecule has 140 valence electrons. The summed E-state index contributed by atoms with van der Waals surface area (Å²) in [7, 11) is -2.21. The summed E-state index contributed by atoms with van der Waals surface area (Å²) < 4.78 is 34.7. The van der Waals surface area contributed by atoms with Crippen LogP contribution in [0.2, 0.25) is 0 Å². The first-order chi connectivity index (χ1) is 12.9. The van der Waals surface area contributed by atoms with Crippen molar-refractivity contribution in [1.29, 1.82) is 0 Å². The highest BCUT2D eigenvalue weighted by Gasteiger charge is 2.23. The molecule has 3 rings (SSSR count). The third-order valence-electron chi connectivity index (χ3n) is 4.25. The maximum Gasteiger partial charge on any atom is 0.241 e. The normalized spacial score (nSPS) is 12.6. The summed E-state index contributed by atoms with van der Waals surface area (Å²) in [5.41, 5.74) is 2.87. The zero-order chi connectivity index (χ0) is 19.4. The number of ether oxygens (including phenoxy) is 1. The Hall–Kier alpha value is -2.15. The van der Waals surface area contributed by atoms with Crippen LogP contribution in [0.15, 0.2) is 82.2 Å². The van der Waals surface area contributed by atoms with Gasteiger partial charge in [0.2, 0.25) is 10.0 Å². The largest absolute Gasteiger partial charge is 0.496 e. The van der Waals surface area contributed by atoms with Crippen molar-refractivity contribution in [2.45, 2.75) is 17.9 Å². The Labute approximate surface area is 168 Å². The van der Waals surface area contributed by atoms with Crippen LogP contribution in [0.3, 0.4) is 0 Å². The van der Waals surface area contributed by atoms with Crippen molar-refractivity contribution >= 4 is 26.0 Å². The van der Waals surface area contributed by atoms with E-state index in [0.717, 1.165) is 16.7 Å². The summed E-state index contributed by atoms with van der Waals surface area (Å²) >= 11 is 3.35. The molecular formula is C21H20BrNO3S. The first-order valence-corrected chi connectivity index (χ1v) is 10.7. The second kappa shape index (κ2) is 8.25. The van der Waals surface area contributed by atoms with Crippen molar-refractivity contribution in [2.75, 3.05) is 7.11 Å². The number of hydrogen-bond acceptors (Lipinski definition) is 3. The second-order valence-corrected chi connectivity index (χ2v) is 8.74. The summed E-state index contributed by atoms with van der Waals surface area (Å²) in [6.07, 6.45) is 0. The summed E-state index contributed by atoms with van der Waals surface area (Å²) in [6.45, 7) is 2.00. The molecule has 0 saturated carbocycles. The van der Waals surface area contributed by atoms with Gasteiger partial charge >= 0.3 is 0 Å². The lowest BCUT2D eigenvalue weighted by Gasteiger charge is -2.20. The topological polar surface area (TPSA) is 55.4 Å². The maximum atomic E-state index is 13.0. The molecule has 0 heterocycles. The predicted molar refractivity (Wildman–Crippen MR) is 110 cm³/mol. The maximum absolute atomic E-state index is 13.0. The molecule has 0 aliphatic rings. The van der Waals surface area contributed by atoms with Gasteiger partial charge in [-0.1, -0.05) is 60.2 Å². The molecule has 3 aromatic rings. The van der Waals surface area contributed by atoms with Crippen LogP contribution in [-0.2, 0) is 10.0 Å². The van der Waals surface area contributed by atoms with E-state index < -0.39 is 16.1 Å². The van der Waals surface area contributed by atoms with E-state index in [1.54, 1.807) is 12.1 Å². The lowest BCUT2D eigenvalue weighted by molar-refractivity contribution is 0.411. The molecule has 0 aromatic heterocycles. The van der Waals surface area contributed by atoms with E-state index in [2.05, 4.69) is 20.7 Å². The van der Waals surface area contributed by atoms with Crippen LogP contribution in [0, 0.1) is 6.92 Å². The molecule has 4 nitrogen and oxygen atoms in total. The van der Waals surface area contributed by atoms with E-state index in [9.17, 15) is 8.42 Å². The quantitative estimate of drug-likeness (QED) is 0.590. The fourth-order valence-electron chi connectivity index (χ4n) is 2.77. The van der Waals surface area contributed by atoms with Gasteiger partial charge in [0.25, 0.3) is 0 Å². The molecule has 0 amide bonds. The van der Waals surface area contributed by atoms with Gasteiger partial charge in [0.05, 0.1) is 22.5 Å². The number of aryl methyl sites for hydroxylation is 1. The van der Waals surface area contributed by atoms with Gasteiger partial charge in [0, 0.05) is 0 Å². The Morgan fingerprint density at radius 3 is 2.15 bits per heavy atom. The highest BCUT2D eigenvalue weighted by Crippen LogP contribution is 2.29. The predicted octanol–water partition coefficient (Wildman–Crippen LogP) is 4.83. The van der Waals surface area contributed by atoms with E-state index >= 15 is 0 Å². The average molecular weight is 446 g/mol. The molecule has 0 aliphatic heterocycles. The van der Waals surface area contributed by atoms with Gasteiger partial charge in [0.15, 0.2) is 0 Å². The second-order valence-electron chi connectivity index (χ2n) is 6.17. The number of nitrogens with one attached hydrogen (secondary N) is 1. The number of sulfonamides is 1. The molecule has 0 spiro atoms. The smallest absolute Gasteiger partial charge is 0.241 e. The van der Waals surface area contributed by atoms with E-state index in [-0.39, 0.29) is 4.90 Å². The van der Waals surface area contributed by atoms with Gasteiger partial charge in [-0.3, -0.25) is 0 Å². The van der Waals surface area contributed by atoms with Gasteiger partial charge in [-0.05, 0) is 52.2 Å². The zero-order valence-corrected chi connectivity index (χ0v) is 17.4. The van der Waals surface area contributed by atoms with Crippen LogP contribution in [0.4, 0.5) is 0 Å². The molecule has 27 heavy (non-hydrogen) atoms. The van der Waals surface area contributed by atoms with E-state index in [1.807, 2.05) is 61.5 Å². The van der Waals surface area contributed by atoms with Crippen LogP contribution >= 0.6 is 15.9 Å². The molecule has 0 saturated heterocycles. The van der Waals surface area contributed by atoms with Crippen LogP contribution in [-0.4, -0.2) is 15.5 Å². The number of rotatable bonds is 6. The molecule has 3 aromatic carbocycles.